The van der Waals surface area contributed by atoms with Gasteiger partial charge in [-0.3, -0.25) is 9.69 Å². The molecule has 1 aliphatic heterocycles. The van der Waals surface area contributed by atoms with Crippen LogP contribution in [-0.4, -0.2) is 49.3 Å². The van der Waals surface area contributed by atoms with Crippen LogP contribution < -0.4 is 5.56 Å². The van der Waals surface area contributed by atoms with Gasteiger partial charge < -0.3 is 9.72 Å². The number of nitrogens with one attached hydrogen (secondary N) is 1. The molecular weight excluding hydrogens is 428 g/mol. The molecule has 2 aromatic heterocycles. The number of nitrogens with zero attached hydrogens (tertiary/aromatic N) is 5. The van der Waals surface area contributed by atoms with E-state index in [-0.39, 0.29) is 23.2 Å². The molecule has 8 heteroatoms. The highest BCUT2D eigenvalue weighted by molar-refractivity contribution is 5.81. The molecule has 2 atom stereocenters. The molecule has 3 aromatic rings. The quantitative estimate of drug-likeness (QED) is 0.474. The first-order valence-electron chi connectivity index (χ1n) is 12.6. The van der Waals surface area contributed by atoms with Crippen molar-refractivity contribution in [3.8, 4) is 0 Å². The van der Waals surface area contributed by atoms with Crippen molar-refractivity contribution in [3.05, 3.63) is 51.6 Å². The minimum absolute atomic E-state index is 0.0115. The van der Waals surface area contributed by atoms with Gasteiger partial charge in [0.05, 0.1) is 23.2 Å². The lowest BCUT2D eigenvalue weighted by Crippen LogP contribution is -2.39. The Bertz CT molecular complexity index is 1160. The summed E-state index contributed by atoms with van der Waals surface area (Å²) in [5, 5.41) is 14.0. The molecule has 0 bridgehead atoms. The fraction of sp³-hybridized carbons (Fsp3) is 0.615. The van der Waals surface area contributed by atoms with Crippen LogP contribution in [0.4, 0.5) is 0 Å². The maximum atomic E-state index is 13.1. The third kappa shape index (κ3) is 5.08. The van der Waals surface area contributed by atoms with E-state index in [1.165, 1.54) is 0 Å². The van der Waals surface area contributed by atoms with Crippen LogP contribution in [-0.2, 0) is 16.8 Å². The first-order chi connectivity index (χ1) is 16.3. The smallest absolute Gasteiger partial charge is 0.252 e. The van der Waals surface area contributed by atoms with Crippen molar-refractivity contribution in [2.75, 3.05) is 13.2 Å². The van der Waals surface area contributed by atoms with Crippen LogP contribution in [0.2, 0.25) is 0 Å². The van der Waals surface area contributed by atoms with Gasteiger partial charge in [0.1, 0.15) is 0 Å². The van der Waals surface area contributed by atoms with E-state index in [9.17, 15) is 4.79 Å². The van der Waals surface area contributed by atoms with Crippen LogP contribution in [0, 0.1) is 6.92 Å². The number of tetrazole rings is 1. The van der Waals surface area contributed by atoms with Gasteiger partial charge in [-0.2, -0.15) is 0 Å². The molecule has 8 nitrogen and oxygen atoms in total. The van der Waals surface area contributed by atoms with E-state index in [1.807, 2.05) is 29.8 Å². The molecule has 0 radical (unpaired) electrons. The van der Waals surface area contributed by atoms with Crippen LogP contribution in [0.3, 0.4) is 0 Å². The third-order valence-electron chi connectivity index (χ3n) is 7.23. The van der Waals surface area contributed by atoms with E-state index in [1.54, 1.807) is 0 Å². The summed E-state index contributed by atoms with van der Waals surface area (Å²) in [5.74, 6) is 0.861. The standard InChI is InChI=1S/C26H38N6O2/c1-6-10-22(24-28-29-30-32(24)26(4,5)7-2)31(17-21-13-9-14-34-21)16-20-15-19-12-8-11-18(3)23(19)27-25(20)33/h8,11-12,15,21-22H,6-7,9-10,13-14,16-17H2,1-5H3,(H,27,33)/t21-,22+/m1/s1. The number of hydrogen-bond acceptors (Lipinski definition) is 6. The molecule has 4 rings (SSSR count). The van der Waals surface area contributed by atoms with Crippen LogP contribution in [0.25, 0.3) is 10.9 Å². The molecular formula is C26H38N6O2. The SMILES string of the molecule is CCC[C@@H](c1nnnn1C(C)(C)CC)N(Cc1cc2cccc(C)c2[nH]c1=O)C[C@H]1CCCO1. The zero-order valence-electron chi connectivity index (χ0n) is 21.2. The Balaban J connectivity index is 1.74. The Morgan fingerprint density at radius 2 is 2.15 bits per heavy atom. The summed E-state index contributed by atoms with van der Waals surface area (Å²) in [7, 11) is 0. The zero-order valence-corrected chi connectivity index (χ0v) is 21.2. The van der Waals surface area contributed by atoms with Crippen molar-refractivity contribution >= 4 is 10.9 Å². The molecule has 1 saturated heterocycles. The Kier molecular flexibility index (Phi) is 7.48. The van der Waals surface area contributed by atoms with Gasteiger partial charge in [0.15, 0.2) is 5.82 Å². The minimum Gasteiger partial charge on any atom is -0.377 e. The van der Waals surface area contributed by atoms with Gasteiger partial charge in [0.2, 0.25) is 0 Å². The average Bonchev–Trinajstić information content (AvgIpc) is 3.51. The second-order valence-electron chi connectivity index (χ2n) is 10.1. The highest BCUT2D eigenvalue weighted by Gasteiger charge is 2.33. The Morgan fingerprint density at radius 3 is 2.85 bits per heavy atom. The summed E-state index contributed by atoms with van der Waals surface area (Å²) in [6, 6.07) is 8.13. The highest BCUT2D eigenvalue weighted by atomic mass is 16.5. The number of fused-ring (bicyclic) bond motifs is 1. The monoisotopic (exact) mass is 466 g/mol. The molecule has 0 amide bonds. The maximum absolute atomic E-state index is 13.1. The summed E-state index contributed by atoms with van der Waals surface area (Å²) >= 11 is 0. The molecule has 184 valence electrons. The molecule has 1 fully saturated rings. The van der Waals surface area contributed by atoms with E-state index >= 15 is 0 Å². The van der Waals surface area contributed by atoms with Crippen LogP contribution >= 0.6 is 0 Å². The molecule has 0 spiro atoms. The van der Waals surface area contributed by atoms with E-state index < -0.39 is 0 Å². The summed E-state index contributed by atoms with van der Waals surface area (Å²) in [6.45, 7) is 12.7. The predicted octanol–water partition coefficient (Wildman–Crippen LogP) is 4.49. The lowest BCUT2D eigenvalue weighted by Gasteiger charge is -2.34. The van der Waals surface area contributed by atoms with Gasteiger partial charge in [-0.25, -0.2) is 4.68 Å². The lowest BCUT2D eigenvalue weighted by molar-refractivity contribution is 0.0462. The Labute approximate surface area is 201 Å². The minimum atomic E-state index is -0.196. The zero-order chi connectivity index (χ0) is 24.3. The molecule has 1 aliphatic rings. The summed E-state index contributed by atoms with van der Waals surface area (Å²) < 4.78 is 7.99. The van der Waals surface area contributed by atoms with Gasteiger partial charge in [0, 0.05) is 25.3 Å². The van der Waals surface area contributed by atoms with Crippen molar-refractivity contribution in [1.82, 2.24) is 30.1 Å². The van der Waals surface area contributed by atoms with Crippen molar-refractivity contribution < 1.29 is 4.74 Å². The van der Waals surface area contributed by atoms with Gasteiger partial charge in [-0.05, 0) is 73.9 Å². The second-order valence-corrected chi connectivity index (χ2v) is 10.1. The van der Waals surface area contributed by atoms with Gasteiger partial charge in [-0.15, -0.1) is 5.10 Å². The van der Waals surface area contributed by atoms with Crippen molar-refractivity contribution in [2.24, 2.45) is 0 Å². The average molecular weight is 467 g/mol. The summed E-state index contributed by atoms with van der Waals surface area (Å²) in [5.41, 5.74) is 2.50. The largest absolute Gasteiger partial charge is 0.377 e. The van der Waals surface area contributed by atoms with Gasteiger partial charge in [-0.1, -0.05) is 38.5 Å². The number of aryl methyl sites for hydroxylation is 1. The number of H-pyrrole nitrogens is 1. The second kappa shape index (κ2) is 10.4. The molecule has 1 N–H and O–H groups in total. The number of pyridine rings is 1. The maximum Gasteiger partial charge on any atom is 0.252 e. The van der Waals surface area contributed by atoms with E-state index in [2.05, 4.69) is 59.2 Å². The van der Waals surface area contributed by atoms with Crippen molar-refractivity contribution in [3.63, 3.8) is 0 Å². The topological polar surface area (TPSA) is 88.9 Å². The molecule has 3 heterocycles. The number of para-hydroxylation sites is 1. The van der Waals surface area contributed by atoms with E-state index in [0.29, 0.717) is 6.54 Å². The molecule has 34 heavy (non-hydrogen) atoms. The van der Waals surface area contributed by atoms with Crippen LogP contribution in [0.15, 0.2) is 29.1 Å². The first-order valence-corrected chi connectivity index (χ1v) is 12.6. The number of rotatable bonds is 10. The van der Waals surface area contributed by atoms with E-state index in [0.717, 1.165) is 73.1 Å². The fourth-order valence-electron chi connectivity index (χ4n) is 4.85. The Morgan fingerprint density at radius 1 is 1.32 bits per heavy atom. The Hall–Kier alpha value is -2.58. The third-order valence-corrected chi connectivity index (χ3v) is 7.23. The fourth-order valence-corrected chi connectivity index (χ4v) is 4.85. The summed E-state index contributed by atoms with van der Waals surface area (Å²) in [4.78, 5) is 18.6. The number of aromatic nitrogens is 5. The van der Waals surface area contributed by atoms with Crippen LogP contribution in [0.1, 0.15) is 82.8 Å². The number of hydrogen-bond donors (Lipinski definition) is 1. The first kappa shape index (κ1) is 24.5. The van der Waals surface area contributed by atoms with Crippen molar-refractivity contribution in [1.29, 1.82) is 0 Å². The van der Waals surface area contributed by atoms with Crippen LogP contribution in [0.5, 0.6) is 0 Å². The number of aromatic amines is 1. The van der Waals surface area contributed by atoms with Gasteiger partial charge >= 0.3 is 0 Å². The highest BCUT2D eigenvalue weighted by Crippen LogP contribution is 2.31. The van der Waals surface area contributed by atoms with E-state index in [4.69, 9.17) is 4.74 Å². The molecule has 0 saturated carbocycles. The number of benzene rings is 1. The van der Waals surface area contributed by atoms with Crippen molar-refractivity contribution in [2.45, 2.75) is 91.0 Å². The molecule has 0 aliphatic carbocycles. The molecule has 0 unspecified atom stereocenters. The normalized spacial score (nSPS) is 17.6. The summed E-state index contributed by atoms with van der Waals surface area (Å²) in [6.07, 6.45) is 5.07. The molecule has 1 aromatic carbocycles. The number of ether oxygens (including phenoxy) is 1. The lowest BCUT2D eigenvalue weighted by atomic mass is 10.00. The predicted molar refractivity (Wildman–Crippen MR) is 134 cm³/mol. The van der Waals surface area contributed by atoms with Gasteiger partial charge in [0.25, 0.3) is 5.56 Å².